The van der Waals surface area contributed by atoms with Crippen molar-refractivity contribution >= 4 is 11.8 Å². The first-order valence-electron chi connectivity index (χ1n) is 5.99. The number of hydrogen-bond acceptors (Lipinski definition) is 4. The molecule has 1 saturated heterocycles. The molecule has 0 saturated carbocycles. The molecule has 17 heavy (non-hydrogen) atoms. The quantitative estimate of drug-likeness (QED) is 0.781. The molecule has 1 aromatic heterocycles. The summed E-state index contributed by atoms with van der Waals surface area (Å²) in [5, 5.41) is 10.0. The van der Waals surface area contributed by atoms with Gasteiger partial charge in [0.15, 0.2) is 0 Å². The average molecular weight is 228 g/mol. The molecule has 0 spiro atoms. The third kappa shape index (κ3) is 2.08. The van der Waals surface area contributed by atoms with Crippen LogP contribution < -0.4 is 5.32 Å². The van der Waals surface area contributed by atoms with E-state index in [9.17, 15) is 0 Å². The second kappa shape index (κ2) is 4.30. The molecule has 4 heteroatoms. The molecule has 1 aromatic rings. The highest BCUT2D eigenvalue weighted by molar-refractivity contribution is 6.10. The van der Waals surface area contributed by atoms with Gasteiger partial charge in [-0.15, -0.1) is 0 Å². The number of piperazine rings is 1. The van der Waals surface area contributed by atoms with Gasteiger partial charge in [0.2, 0.25) is 0 Å². The maximum absolute atomic E-state index is 4.50. The van der Waals surface area contributed by atoms with E-state index in [4.69, 9.17) is 0 Å². The second-order valence-electron chi connectivity index (χ2n) is 4.49. The Labute approximate surface area is 101 Å². The number of allylic oxidation sites excluding steroid dienone is 1. The Balaban J connectivity index is 1.87. The summed E-state index contributed by atoms with van der Waals surface area (Å²) in [5.41, 5.74) is 3.36. The molecule has 1 fully saturated rings. The smallest absolute Gasteiger partial charge is 0.0785 e. The zero-order valence-electron chi connectivity index (χ0n) is 9.93. The van der Waals surface area contributed by atoms with Gasteiger partial charge in [-0.3, -0.25) is 9.99 Å². The van der Waals surface area contributed by atoms with Gasteiger partial charge < -0.3 is 5.32 Å². The van der Waals surface area contributed by atoms with Gasteiger partial charge in [0, 0.05) is 42.7 Å². The van der Waals surface area contributed by atoms with Gasteiger partial charge in [-0.2, -0.15) is 5.10 Å². The van der Waals surface area contributed by atoms with Crippen molar-refractivity contribution in [1.29, 1.82) is 0 Å². The van der Waals surface area contributed by atoms with Crippen LogP contribution in [0.2, 0.25) is 0 Å². The van der Waals surface area contributed by atoms with Crippen LogP contribution in [-0.4, -0.2) is 41.9 Å². The van der Waals surface area contributed by atoms with E-state index in [0.29, 0.717) is 6.04 Å². The molecule has 1 atom stereocenters. The maximum atomic E-state index is 4.50. The molecule has 1 unspecified atom stereocenters. The summed E-state index contributed by atoms with van der Waals surface area (Å²) < 4.78 is 0. The van der Waals surface area contributed by atoms with E-state index in [-0.39, 0.29) is 0 Å². The second-order valence-corrected chi connectivity index (χ2v) is 4.49. The summed E-state index contributed by atoms with van der Waals surface area (Å²) in [6.07, 6.45) is 6.12. The maximum Gasteiger partial charge on any atom is 0.0785 e. The summed E-state index contributed by atoms with van der Waals surface area (Å²) in [4.78, 5) is 4.33. The molecule has 0 aliphatic carbocycles. The zero-order valence-corrected chi connectivity index (χ0v) is 9.93. The number of rotatable bonds is 1. The van der Waals surface area contributed by atoms with E-state index in [1.165, 1.54) is 5.57 Å². The highest BCUT2D eigenvalue weighted by Gasteiger charge is 2.21. The zero-order chi connectivity index (χ0) is 11.7. The van der Waals surface area contributed by atoms with Crippen molar-refractivity contribution in [2.24, 2.45) is 5.10 Å². The molecular formula is C13H16N4. The third-order valence-electron chi connectivity index (χ3n) is 3.22. The molecule has 4 nitrogen and oxygen atoms in total. The number of hydrogen-bond donors (Lipinski definition) is 1. The van der Waals surface area contributed by atoms with E-state index >= 15 is 0 Å². The molecule has 88 valence electrons. The first-order valence-corrected chi connectivity index (χ1v) is 5.99. The Kier molecular flexibility index (Phi) is 2.65. The number of pyridine rings is 1. The molecule has 3 heterocycles. The lowest BCUT2D eigenvalue weighted by atomic mass is 10.0. The summed E-state index contributed by atoms with van der Waals surface area (Å²) in [5.74, 6) is 0. The minimum Gasteiger partial charge on any atom is -0.312 e. The molecule has 3 rings (SSSR count). The Hall–Kier alpha value is -1.68. The van der Waals surface area contributed by atoms with Crippen LogP contribution >= 0.6 is 0 Å². The van der Waals surface area contributed by atoms with E-state index in [2.05, 4.69) is 32.6 Å². The molecule has 2 aliphatic rings. The van der Waals surface area contributed by atoms with Crippen molar-refractivity contribution in [2.45, 2.75) is 13.0 Å². The SMILES string of the molecule is Cc1ccc(C2=CC3CNCCN3N=C2)cn1. The van der Waals surface area contributed by atoms with Crippen molar-refractivity contribution < 1.29 is 0 Å². The van der Waals surface area contributed by atoms with Gasteiger partial charge in [0.25, 0.3) is 0 Å². The highest BCUT2D eigenvalue weighted by atomic mass is 15.5. The van der Waals surface area contributed by atoms with Crippen molar-refractivity contribution in [3.63, 3.8) is 0 Å². The lowest BCUT2D eigenvalue weighted by molar-refractivity contribution is 0.201. The first kappa shape index (κ1) is 10.5. The molecule has 2 aliphatic heterocycles. The Morgan fingerprint density at radius 3 is 3.18 bits per heavy atom. The normalized spacial score (nSPS) is 23.2. The van der Waals surface area contributed by atoms with Gasteiger partial charge in [0.1, 0.15) is 0 Å². The third-order valence-corrected chi connectivity index (χ3v) is 3.22. The van der Waals surface area contributed by atoms with Crippen molar-refractivity contribution in [3.8, 4) is 0 Å². The van der Waals surface area contributed by atoms with E-state index < -0.39 is 0 Å². The molecule has 0 aromatic carbocycles. The van der Waals surface area contributed by atoms with Crippen LogP contribution in [0.5, 0.6) is 0 Å². The number of nitrogens with zero attached hydrogens (tertiary/aromatic N) is 3. The average Bonchev–Trinajstić information content (AvgIpc) is 2.39. The van der Waals surface area contributed by atoms with Crippen LogP contribution in [0.1, 0.15) is 11.3 Å². The minimum absolute atomic E-state index is 0.380. The summed E-state index contributed by atoms with van der Waals surface area (Å²) in [7, 11) is 0. The number of aryl methyl sites for hydroxylation is 1. The first-order chi connectivity index (χ1) is 8.33. The van der Waals surface area contributed by atoms with E-state index in [1.54, 1.807) is 0 Å². The van der Waals surface area contributed by atoms with Crippen molar-refractivity contribution in [2.75, 3.05) is 19.6 Å². The molecular weight excluding hydrogens is 212 g/mol. The summed E-state index contributed by atoms with van der Waals surface area (Å²) in [6, 6.07) is 4.52. The largest absolute Gasteiger partial charge is 0.312 e. The van der Waals surface area contributed by atoms with Crippen LogP contribution in [0.4, 0.5) is 0 Å². The van der Waals surface area contributed by atoms with Gasteiger partial charge in [0.05, 0.1) is 12.3 Å². The Morgan fingerprint density at radius 2 is 2.35 bits per heavy atom. The fourth-order valence-corrected chi connectivity index (χ4v) is 2.20. The summed E-state index contributed by atoms with van der Waals surface area (Å²) >= 11 is 0. The van der Waals surface area contributed by atoms with E-state index in [1.807, 2.05) is 25.4 Å². The van der Waals surface area contributed by atoms with Gasteiger partial charge >= 0.3 is 0 Å². The van der Waals surface area contributed by atoms with E-state index in [0.717, 1.165) is 30.9 Å². The van der Waals surface area contributed by atoms with Crippen LogP contribution in [0, 0.1) is 6.92 Å². The standard InChI is InChI=1S/C13H16N4/c1-10-2-3-11(7-15-10)12-6-13-9-14-4-5-17(13)16-8-12/h2-3,6-8,13-14H,4-5,9H2,1H3. The topological polar surface area (TPSA) is 40.5 Å². The monoisotopic (exact) mass is 228 g/mol. The van der Waals surface area contributed by atoms with Gasteiger partial charge in [-0.1, -0.05) is 6.07 Å². The predicted octanol–water partition coefficient (Wildman–Crippen LogP) is 1.05. The van der Waals surface area contributed by atoms with Gasteiger partial charge in [-0.05, 0) is 19.1 Å². The van der Waals surface area contributed by atoms with Crippen LogP contribution in [0.15, 0.2) is 29.5 Å². The molecule has 1 N–H and O–H groups in total. The number of nitrogens with one attached hydrogen (secondary N) is 1. The van der Waals surface area contributed by atoms with Crippen LogP contribution in [0.25, 0.3) is 5.57 Å². The van der Waals surface area contributed by atoms with Crippen LogP contribution in [-0.2, 0) is 0 Å². The minimum atomic E-state index is 0.380. The van der Waals surface area contributed by atoms with Crippen molar-refractivity contribution in [1.82, 2.24) is 15.3 Å². The lowest BCUT2D eigenvalue weighted by Gasteiger charge is -2.34. The Bertz CT molecular complexity index is 461. The molecule has 0 amide bonds. The Morgan fingerprint density at radius 1 is 1.41 bits per heavy atom. The lowest BCUT2D eigenvalue weighted by Crippen LogP contribution is -2.48. The van der Waals surface area contributed by atoms with Crippen LogP contribution in [0.3, 0.4) is 0 Å². The predicted molar refractivity (Wildman–Crippen MR) is 68.8 cm³/mol. The molecule has 0 radical (unpaired) electrons. The number of aromatic nitrogens is 1. The summed E-state index contributed by atoms with van der Waals surface area (Å²) in [6.45, 7) is 4.97. The van der Waals surface area contributed by atoms with Crippen molar-refractivity contribution in [3.05, 3.63) is 35.7 Å². The highest BCUT2D eigenvalue weighted by Crippen LogP contribution is 2.19. The van der Waals surface area contributed by atoms with Gasteiger partial charge in [-0.25, -0.2) is 0 Å². The number of hydrazone groups is 1. The fraction of sp³-hybridized carbons (Fsp3) is 0.385. The number of fused-ring (bicyclic) bond motifs is 1. The fourth-order valence-electron chi connectivity index (χ4n) is 2.20. The molecule has 0 bridgehead atoms.